The highest BCUT2D eigenvalue weighted by Crippen LogP contribution is 2.18. The number of benzene rings is 1. The van der Waals surface area contributed by atoms with Crippen LogP contribution in [0.25, 0.3) is 0 Å². The number of carbonyl (C=O) groups excluding carboxylic acids is 1. The first-order valence-electron chi connectivity index (χ1n) is 5.30. The van der Waals surface area contributed by atoms with E-state index in [-0.39, 0.29) is 11.1 Å². The molecule has 3 heteroatoms. The minimum atomic E-state index is -0.449. The van der Waals surface area contributed by atoms with E-state index >= 15 is 0 Å². The average molecular weight is 223 g/mol. The molecule has 2 nitrogen and oxygen atoms in total. The summed E-state index contributed by atoms with van der Waals surface area (Å²) in [4.78, 5) is 12.9. The number of halogens is 1. The van der Waals surface area contributed by atoms with E-state index in [1.165, 1.54) is 6.07 Å². The normalized spacial score (nSPS) is 11.9. The predicted octanol–water partition coefficient (Wildman–Crippen LogP) is 2.87. The minimum absolute atomic E-state index is 0.00747. The Kier molecular flexibility index (Phi) is 3.81. The van der Waals surface area contributed by atoms with Gasteiger partial charge in [0.05, 0.1) is 5.56 Å². The lowest BCUT2D eigenvalue weighted by Crippen LogP contribution is -2.37. The smallest absolute Gasteiger partial charge is 0.153 e. The van der Waals surface area contributed by atoms with Gasteiger partial charge in [0.2, 0.25) is 0 Å². The van der Waals surface area contributed by atoms with Crippen molar-refractivity contribution >= 4 is 6.29 Å². The third-order valence-corrected chi connectivity index (χ3v) is 2.81. The summed E-state index contributed by atoms with van der Waals surface area (Å²) >= 11 is 0. The fourth-order valence-electron chi connectivity index (χ4n) is 1.34. The summed E-state index contributed by atoms with van der Waals surface area (Å²) in [5.74, 6) is -0.449. The Morgan fingerprint density at radius 3 is 2.50 bits per heavy atom. The van der Waals surface area contributed by atoms with Gasteiger partial charge in [0, 0.05) is 12.1 Å². The largest absolute Gasteiger partial charge is 0.298 e. The summed E-state index contributed by atoms with van der Waals surface area (Å²) in [6.07, 6.45) is 0.584. The fraction of sp³-hybridized carbons (Fsp3) is 0.462. The van der Waals surface area contributed by atoms with Crippen LogP contribution in [0.1, 0.15) is 36.7 Å². The van der Waals surface area contributed by atoms with E-state index in [0.29, 0.717) is 12.8 Å². The SMILES string of the molecule is CN(Cc1cccc(F)c1C=O)C(C)(C)C. The van der Waals surface area contributed by atoms with E-state index in [1.54, 1.807) is 12.1 Å². The highest BCUT2D eigenvalue weighted by atomic mass is 19.1. The van der Waals surface area contributed by atoms with E-state index in [4.69, 9.17) is 0 Å². The molecule has 0 amide bonds. The predicted molar refractivity (Wildman–Crippen MR) is 63.0 cm³/mol. The van der Waals surface area contributed by atoms with E-state index in [9.17, 15) is 9.18 Å². The Balaban J connectivity index is 2.98. The van der Waals surface area contributed by atoms with Crippen LogP contribution in [0.3, 0.4) is 0 Å². The highest BCUT2D eigenvalue weighted by molar-refractivity contribution is 5.77. The first-order chi connectivity index (χ1) is 7.36. The zero-order valence-corrected chi connectivity index (χ0v) is 10.2. The molecule has 0 atom stereocenters. The summed E-state index contributed by atoms with van der Waals surface area (Å²) in [6, 6.07) is 4.73. The van der Waals surface area contributed by atoms with Crippen molar-refractivity contribution < 1.29 is 9.18 Å². The van der Waals surface area contributed by atoms with Crippen molar-refractivity contribution in [2.24, 2.45) is 0 Å². The number of rotatable bonds is 3. The van der Waals surface area contributed by atoms with Gasteiger partial charge < -0.3 is 0 Å². The zero-order valence-electron chi connectivity index (χ0n) is 10.2. The first-order valence-corrected chi connectivity index (χ1v) is 5.30. The van der Waals surface area contributed by atoms with Crippen LogP contribution >= 0.6 is 0 Å². The number of hydrogen-bond donors (Lipinski definition) is 0. The van der Waals surface area contributed by atoms with Crippen molar-refractivity contribution in [2.45, 2.75) is 32.9 Å². The van der Waals surface area contributed by atoms with Crippen molar-refractivity contribution in [3.63, 3.8) is 0 Å². The van der Waals surface area contributed by atoms with Gasteiger partial charge in [-0.25, -0.2) is 4.39 Å². The second-order valence-electron chi connectivity index (χ2n) is 4.96. The molecular formula is C13H18FNO. The zero-order chi connectivity index (χ0) is 12.3. The van der Waals surface area contributed by atoms with E-state index in [2.05, 4.69) is 25.7 Å². The monoisotopic (exact) mass is 223 g/mol. The molecule has 1 aromatic carbocycles. The lowest BCUT2D eigenvalue weighted by atomic mass is 10.0. The Bertz CT molecular complexity index is 382. The minimum Gasteiger partial charge on any atom is -0.298 e. The summed E-state index contributed by atoms with van der Waals surface area (Å²) in [6.45, 7) is 6.79. The van der Waals surface area contributed by atoms with Crippen molar-refractivity contribution in [1.29, 1.82) is 0 Å². The maximum absolute atomic E-state index is 13.3. The number of aldehydes is 1. The second kappa shape index (κ2) is 4.74. The molecule has 0 spiro atoms. The van der Waals surface area contributed by atoms with E-state index < -0.39 is 5.82 Å². The second-order valence-corrected chi connectivity index (χ2v) is 4.96. The van der Waals surface area contributed by atoms with Crippen LogP contribution in [0, 0.1) is 5.82 Å². The van der Waals surface area contributed by atoms with Crippen LogP contribution in [0.5, 0.6) is 0 Å². The third-order valence-electron chi connectivity index (χ3n) is 2.81. The summed E-state index contributed by atoms with van der Waals surface area (Å²) in [5.41, 5.74) is 0.887. The summed E-state index contributed by atoms with van der Waals surface area (Å²) in [5, 5.41) is 0. The molecule has 88 valence electrons. The molecule has 0 aromatic heterocycles. The molecule has 0 aliphatic carbocycles. The van der Waals surface area contributed by atoms with Gasteiger partial charge in [-0.05, 0) is 39.4 Å². The van der Waals surface area contributed by atoms with Gasteiger partial charge in [0.25, 0.3) is 0 Å². The molecule has 1 aromatic rings. The van der Waals surface area contributed by atoms with Crippen molar-refractivity contribution in [3.8, 4) is 0 Å². The first kappa shape index (κ1) is 12.8. The van der Waals surface area contributed by atoms with Gasteiger partial charge in [-0.2, -0.15) is 0 Å². The molecule has 0 N–H and O–H groups in total. The summed E-state index contributed by atoms with van der Waals surface area (Å²) in [7, 11) is 1.96. The third kappa shape index (κ3) is 2.89. The topological polar surface area (TPSA) is 20.3 Å². The van der Waals surface area contributed by atoms with Gasteiger partial charge in [-0.1, -0.05) is 12.1 Å². The molecule has 0 unspecified atom stereocenters. The molecule has 16 heavy (non-hydrogen) atoms. The van der Waals surface area contributed by atoms with Gasteiger partial charge in [-0.3, -0.25) is 9.69 Å². The Morgan fingerprint density at radius 2 is 2.00 bits per heavy atom. The molecule has 0 bridgehead atoms. The van der Waals surface area contributed by atoms with Crippen LogP contribution in [0.4, 0.5) is 4.39 Å². The molecule has 0 fully saturated rings. The van der Waals surface area contributed by atoms with Crippen LogP contribution in [-0.2, 0) is 6.54 Å². The maximum atomic E-state index is 13.3. The standard InChI is InChI=1S/C13H18FNO/c1-13(2,3)15(4)8-10-6-5-7-12(14)11(10)9-16/h5-7,9H,8H2,1-4H3. The van der Waals surface area contributed by atoms with Gasteiger partial charge in [0.15, 0.2) is 6.29 Å². The van der Waals surface area contributed by atoms with Crippen LogP contribution in [-0.4, -0.2) is 23.8 Å². The molecule has 1 rings (SSSR count). The lowest BCUT2D eigenvalue weighted by Gasteiger charge is -2.32. The quantitative estimate of drug-likeness (QED) is 0.734. The van der Waals surface area contributed by atoms with Crippen LogP contribution < -0.4 is 0 Å². The van der Waals surface area contributed by atoms with Crippen LogP contribution in [0.2, 0.25) is 0 Å². The molecule has 0 aliphatic rings. The molecule has 0 aliphatic heterocycles. The fourth-order valence-corrected chi connectivity index (χ4v) is 1.34. The van der Waals surface area contributed by atoms with Gasteiger partial charge in [-0.15, -0.1) is 0 Å². The average Bonchev–Trinajstić information content (AvgIpc) is 2.16. The Hall–Kier alpha value is -1.22. The van der Waals surface area contributed by atoms with E-state index in [1.807, 2.05) is 7.05 Å². The van der Waals surface area contributed by atoms with Crippen molar-refractivity contribution in [2.75, 3.05) is 7.05 Å². The van der Waals surface area contributed by atoms with E-state index in [0.717, 1.165) is 5.56 Å². The molecule has 0 heterocycles. The number of hydrogen-bond acceptors (Lipinski definition) is 2. The Labute approximate surface area is 96.1 Å². The van der Waals surface area contributed by atoms with Crippen molar-refractivity contribution in [1.82, 2.24) is 4.90 Å². The number of carbonyl (C=O) groups is 1. The molecule has 0 radical (unpaired) electrons. The Morgan fingerprint density at radius 1 is 1.38 bits per heavy atom. The molecule has 0 saturated heterocycles. The van der Waals surface area contributed by atoms with Crippen LogP contribution in [0.15, 0.2) is 18.2 Å². The maximum Gasteiger partial charge on any atom is 0.153 e. The molecular weight excluding hydrogens is 205 g/mol. The molecule has 0 saturated carbocycles. The summed E-state index contributed by atoms with van der Waals surface area (Å²) < 4.78 is 13.3. The van der Waals surface area contributed by atoms with Gasteiger partial charge >= 0.3 is 0 Å². The van der Waals surface area contributed by atoms with Gasteiger partial charge in [0.1, 0.15) is 5.82 Å². The lowest BCUT2D eigenvalue weighted by molar-refractivity contribution is 0.111. The number of nitrogens with zero attached hydrogens (tertiary/aromatic N) is 1. The van der Waals surface area contributed by atoms with Crippen molar-refractivity contribution in [3.05, 3.63) is 35.1 Å². The highest BCUT2D eigenvalue weighted by Gasteiger charge is 2.18.